The molecule has 0 aromatic carbocycles. The largest absolute Gasteiger partial charge is 0.394 e. The van der Waals surface area contributed by atoms with Crippen LogP contribution in [0, 0.1) is 0 Å². The highest BCUT2D eigenvalue weighted by Crippen LogP contribution is 2.32. The van der Waals surface area contributed by atoms with Gasteiger partial charge in [-0.15, -0.1) is 0 Å². The zero-order valence-corrected chi connectivity index (χ0v) is 9.24. The van der Waals surface area contributed by atoms with Gasteiger partial charge in [0.25, 0.3) is 5.56 Å². The summed E-state index contributed by atoms with van der Waals surface area (Å²) >= 11 is 0. The number of hydrogen-bond acceptors (Lipinski definition) is 5. The third-order valence-corrected chi connectivity index (χ3v) is 2.80. The summed E-state index contributed by atoms with van der Waals surface area (Å²) in [7, 11) is 0. The number of hydrogen-bond donors (Lipinski definition) is 3. The first-order chi connectivity index (χ1) is 8.65. The van der Waals surface area contributed by atoms with Crippen LogP contribution in [-0.2, 0) is 4.74 Å². The Bertz CT molecular complexity index is 587. The zero-order valence-electron chi connectivity index (χ0n) is 9.24. The van der Waals surface area contributed by atoms with Crippen LogP contribution >= 0.6 is 0 Å². The number of aliphatic hydroxyl groups excluding tert-OH is 1. The first-order valence-corrected chi connectivity index (χ1v) is 5.28. The second-order valence-corrected chi connectivity index (χ2v) is 3.88. The van der Waals surface area contributed by atoms with E-state index in [0.29, 0.717) is 0 Å². The maximum absolute atomic E-state index is 11.6. The summed E-state index contributed by atoms with van der Waals surface area (Å²) in [6.07, 6.45) is 0.291. The fourth-order valence-electron chi connectivity index (χ4n) is 1.94. The molecular formula is C9H11N5O4. The van der Waals surface area contributed by atoms with Gasteiger partial charge >= 0.3 is 5.69 Å². The molecule has 1 unspecified atom stereocenters. The number of aromatic amines is 2. The van der Waals surface area contributed by atoms with Gasteiger partial charge in [-0.25, -0.2) is 4.79 Å². The molecule has 0 bridgehead atoms. The van der Waals surface area contributed by atoms with Gasteiger partial charge in [0.15, 0.2) is 0 Å². The normalized spacial score (nSPS) is 26.8. The molecule has 1 saturated heterocycles. The van der Waals surface area contributed by atoms with Gasteiger partial charge in [-0.05, 0) is 12.0 Å². The van der Waals surface area contributed by atoms with E-state index in [0.717, 1.165) is 0 Å². The van der Waals surface area contributed by atoms with Crippen molar-refractivity contribution >= 4 is 0 Å². The number of ether oxygens (including phenoxy) is 1. The molecule has 96 valence electrons. The lowest BCUT2D eigenvalue weighted by molar-refractivity contribution is 0.00649. The molecular weight excluding hydrogens is 242 g/mol. The average molecular weight is 253 g/mol. The predicted molar refractivity (Wildman–Crippen MR) is 59.9 cm³/mol. The summed E-state index contributed by atoms with van der Waals surface area (Å²) in [5.41, 5.74) is 7.47. The quantitative estimate of drug-likeness (QED) is 0.381. The van der Waals surface area contributed by atoms with Gasteiger partial charge in [-0.1, -0.05) is 5.11 Å². The molecule has 0 spiro atoms. The van der Waals surface area contributed by atoms with Crippen molar-refractivity contribution < 1.29 is 9.84 Å². The van der Waals surface area contributed by atoms with E-state index in [1.165, 1.54) is 6.20 Å². The van der Waals surface area contributed by atoms with Crippen molar-refractivity contribution in [3.8, 4) is 0 Å². The van der Waals surface area contributed by atoms with E-state index in [9.17, 15) is 9.59 Å². The first kappa shape index (κ1) is 12.4. The molecule has 9 heteroatoms. The van der Waals surface area contributed by atoms with E-state index in [-0.39, 0.29) is 18.6 Å². The smallest absolute Gasteiger partial charge is 0.325 e. The van der Waals surface area contributed by atoms with Crippen LogP contribution in [0.25, 0.3) is 10.4 Å². The number of aromatic nitrogens is 2. The zero-order chi connectivity index (χ0) is 13.1. The molecule has 1 aliphatic heterocycles. The lowest BCUT2D eigenvalue weighted by Gasteiger charge is -2.11. The van der Waals surface area contributed by atoms with Crippen molar-refractivity contribution in [3.05, 3.63) is 43.0 Å². The molecule has 3 N–H and O–H groups in total. The number of H-pyrrole nitrogens is 2. The average Bonchev–Trinajstić information content (AvgIpc) is 2.72. The van der Waals surface area contributed by atoms with E-state index in [4.69, 9.17) is 15.4 Å². The first-order valence-electron chi connectivity index (χ1n) is 5.28. The third-order valence-electron chi connectivity index (χ3n) is 2.80. The number of azide groups is 1. The van der Waals surface area contributed by atoms with Crippen LogP contribution in [0.4, 0.5) is 0 Å². The Balaban J connectivity index is 2.28. The standard InChI is InChI=1S/C9H11N5O4/c10-14-13-5-1-6(18-7(5)3-15)4-2-11-9(17)12-8(4)16/h2,5-7,15H,1,3H2,(H2,11,12,16,17)/t5-,6?,7-/m1/s1. The molecule has 1 aromatic heterocycles. The highest BCUT2D eigenvalue weighted by atomic mass is 16.5. The maximum Gasteiger partial charge on any atom is 0.325 e. The molecule has 1 fully saturated rings. The Morgan fingerprint density at radius 2 is 2.39 bits per heavy atom. The van der Waals surface area contributed by atoms with Gasteiger partial charge in [0.1, 0.15) is 0 Å². The Morgan fingerprint density at radius 1 is 1.61 bits per heavy atom. The fourth-order valence-corrected chi connectivity index (χ4v) is 1.94. The van der Waals surface area contributed by atoms with E-state index < -0.39 is 29.5 Å². The summed E-state index contributed by atoms with van der Waals surface area (Å²) in [5, 5.41) is 12.6. The molecule has 9 nitrogen and oxygen atoms in total. The molecule has 2 heterocycles. The number of nitrogens with zero attached hydrogens (tertiary/aromatic N) is 3. The number of aliphatic hydroxyl groups is 1. The van der Waals surface area contributed by atoms with Crippen molar-refractivity contribution in [1.82, 2.24) is 9.97 Å². The predicted octanol–water partition coefficient (Wildman–Crippen LogP) is -0.436. The summed E-state index contributed by atoms with van der Waals surface area (Å²) in [6, 6.07) is -0.531. The fraction of sp³-hybridized carbons (Fsp3) is 0.556. The molecule has 3 atom stereocenters. The van der Waals surface area contributed by atoms with Crippen LogP contribution in [-0.4, -0.2) is 33.8 Å². The van der Waals surface area contributed by atoms with Crippen LogP contribution in [0.5, 0.6) is 0 Å². The van der Waals surface area contributed by atoms with Crippen molar-refractivity contribution in [2.45, 2.75) is 24.7 Å². The van der Waals surface area contributed by atoms with Crippen LogP contribution in [0.3, 0.4) is 0 Å². The van der Waals surface area contributed by atoms with Crippen molar-refractivity contribution in [2.24, 2.45) is 5.11 Å². The maximum atomic E-state index is 11.6. The summed E-state index contributed by atoms with van der Waals surface area (Å²) < 4.78 is 5.43. The molecule has 0 radical (unpaired) electrons. The summed E-state index contributed by atoms with van der Waals surface area (Å²) in [5.74, 6) is 0. The monoisotopic (exact) mass is 253 g/mol. The minimum atomic E-state index is -0.641. The van der Waals surface area contributed by atoms with Crippen LogP contribution in [0.1, 0.15) is 18.1 Å². The van der Waals surface area contributed by atoms with Gasteiger partial charge in [0.05, 0.1) is 30.4 Å². The lowest BCUT2D eigenvalue weighted by atomic mass is 10.1. The highest BCUT2D eigenvalue weighted by molar-refractivity contribution is 5.11. The van der Waals surface area contributed by atoms with Gasteiger partial charge in [0.2, 0.25) is 0 Å². The molecule has 2 rings (SSSR count). The Hall–Kier alpha value is -2.09. The molecule has 0 aliphatic carbocycles. The number of nitrogens with one attached hydrogen (secondary N) is 2. The number of rotatable bonds is 3. The van der Waals surface area contributed by atoms with Crippen molar-refractivity contribution in [1.29, 1.82) is 0 Å². The lowest BCUT2D eigenvalue weighted by Crippen LogP contribution is -2.26. The Kier molecular flexibility index (Phi) is 3.47. The van der Waals surface area contributed by atoms with Crippen molar-refractivity contribution in [2.75, 3.05) is 6.61 Å². The Morgan fingerprint density at radius 3 is 3.00 bits per heavy atom. The van der Waals surface area contributed by atoms with Crippen LogP contribution in [0.2, 0.25) is 0 Å². The van der Waals surface area contributed by atoms with E-state index >= 15 is 0 Å². The molecule has 1 aromatic rings. The van der Waals surface area contributed by atoms with E-state index in [2.05, 4.69) is 20.0 Å². The minimum absolute atomic E-state index is 0.240. The second kappa shape index (κ2) is 5.05. The molecule has 18 heavy (non-hydrogen) atoms. The molecule has 1 aliphatic rings. The molecule has 0 amide bonds. The van der Waals surface area contributed by atoms with Crippen LogP contribution < -0.4 is 11.2 Å². The Labute approximate surface area is 100 Å². The van der Waals surface area contributed by atoms with E-state index in [1.54, 1.807) is 0 Å². The highest BCUT2D eigenvalue weighted by Gasteiger charge is 2.36. The van der Waals surface area contributed by atoms with Crippen LogP contribution in [0.15, 0.2) is 20.9 Å². The van der Waals surface area contributed by atoms with Gasteiger partial charge < -0.3 is 14.8 Å². The van der Waals surface area contributed by atoms with Gasteiger partial charge in [0, 0.05) is 11.1 Å². The molecule has 0 saturated carbocycles. The SMILES string of the molecule is [N-]=[N+]=N[C@@H]1CC(c2c[nH]c(=O)[nH]c2=O)O[C@@H]1CO. The second-order valence-electron chi connectivity index (χ2n) is 3.88. The third kappa shape index (κ3) is 2.28. The van der Waals surface area contributed by atoms with Gasteiger partial charge in [-0.2, -0.15) is 0 Å². The summed E-state index contributed by atoms with van der Waals surface area (Å²) in [4.78, 5) is 29.5. The minimum Gasteiger partial charge on any atom is -0.394 e. The van der Waals surface area contributed by atoms with Gasteiger partial charge in [-0.3, -0.25) is 9.78 Å². The van der Waals surface area contributed by atoms with E-state index in [1.807, 2.05) is 0 Å². The topological polar surface area (TPSA) is 144 Å². The summed E-state index contributed by atoms with van der Waals surface area (Å²) in [6.45, 7) is -0.304. The van der Waals surface area contributed by atoms with Crippen molar-refractivity contribution in [3.63, 3.8) is 0 Å².